The van der Waals surface area contributed by atoms with Gasteiger partial charge in [0, 0.05) is 18.7 Å². The Hall–Kier alpha value is -2.16. The van der Waals surface area contributed by atoms with Crippen molar-refractivity contribution in [1.29, 1.82) is 0 Å². The quantitative estimate of drug-likeness (QED) is 0.790. The Morgan fingerprint density at radius 1 is 1.29 bits per heavy atom. The van der Waals surface area contributed by atoms with Crippen LogP contribution < -0.4 is 4.74 Å². The number of pyridine rings is 1. The summed E-state index contributed by atoms with van der Waals surface area (Å²) < 4.78 is 55.0. The molecule has 0 aliphatic carbocycles. The van der Waals surface area contributed by atoms with Crippen LogP contribution in [0.4, 0.5) is 8.78 Å². The summed E-state index contributed by atoms with van der Waals surface area (Å²) in [6.45, 7) is 3.06. The van der Waals surface area contributed by atoms with Crippen molar-refractivity contribution >= 4 is 9.84 Å². The van der Waals surface area contributed by atoms with Crippen molar-refractivity contribution in [2.75, 3.05) is 12.4 Å². The van der Waals surface area contributed by atoms with Crippen LogP contribution in [0, 0.1) is 6.92 Å². The van der Waals surface area contributed by atoms with Crippen molar-refractivity contribution in [2.45, 2.75) is 31.6 Å². The molecule has 0 fully saturated rings. The second-order valence-corrected chi connectivity index (χ2v) is 7.58. The molecule has 2 aromatic rings. The van der Waals surface area contributed by atoms with Gasteiger partial charge in [-0.05, 0) is 25.1 Å². The van der Waals surface area contributed by atoms with Gasteiger partial charge < -0.3 is 4.74 Å². The lowest BCUT2D eigenvalue weighted by molar-refractivity contribution is -0.0246. The van der Waals surface area contributed by atoms with Gasteiger partial charge in [-0.25, -0.2) is 17.2 Å². The van der Waals surface area contributed by atoms with Crippen LogP contribution in [0.5, 0.6) is 5.88 Å². The number of hydrogen-bond acceptors (Lipinski definition) is 6. The van der Waals surface area contributed by atoms with E-state index >= 15 is 0 Å². The van der Waals surface area contributed by atoms with Gasteiger partial charge in [-0.15, -0.1) is 10.2 Å². The number of sulfone groups is 1. The molecule has 0 aromatic carbocycles. The highest BCUT2D eigenvalue weighted by Gasteiger charge is 2.24. The molecule has 0 saturated carbocycles. The number of rotatable bonds is 6. The molecule has 0 unspecified atom stereocenters. The Morgan fingerprint density at radius 2 is 2.00 bits per heavy atom. The van der Waals surface area contributed by atoms with Gasteiger partial charge in [0.05, 0.1) is 10.6 Å². The Balaban J connectivity index is 2.40. The van der Waals surface area contributed by atoms with E-state index in [4.69, 9.17) is 4.74 Å². The summed E-state index contributed by atoms with van der Waals surface area (Å²) in [4.78, 5) is 4.13. The predicted molar refractivity (Wildman–Crippen MR) is 83.8 cm³/mol. The molecule has 24 heavy (non-hydrogen) atoms. The molecule has 0 bridgehead atoms. The summed E-state index contributed by atoms with van der Waals surface area (Å²) in [5.74, 6) is -3.10. The highest BCUT2D eigenvalue weighted by molar-refractivity contribution is 7.91. The zero-order valence-electron chi connectivity index (χ0n) is 13.5. The molecular formula is C15H17F2N3O3S. The van der Waals surface area contributed by atoms with Crippen molar-refractivity contribution in [3.05, 3.63) is 30.0 Å². The highest BCUT2D eigenvalue weighted by Crippen LogP contribution is 2.27. The summed E-state index contributed by atoms with van der Waals surface area (Å²) in [5.41, 5.74) is 0.854. The van der Waals surface area contributed by atoms with Crippen LogP contribution in [0.1, 0.15) is 19.4 Å². The molecule has 0 saturated heterocycles. The van der Waals surface area contributed by atoms with E-state index in [0.717, 1.165) is 6.92 Å². The third-order valence-electron chi connectivity index (χ3n) is 3.13. The smallest absolute Gasteiger partial charge is 0.278 e. The van der Waals surface area contributed by atoms with Crippen LogP contribution in [-0.2, 0) is 9.84 Å². The van der Waals surface area contributed by atoms with Gasteiger partial charge in [0.25, 0.3) is 5.92 Å². The lowest BCUT2D eigenvalue weighted by Gasteiger charge is -2.13. The molecule has 2 heterocycles. The van der Waals surface area contributed by atoms with Crippen molar-refractivity contribution in [1.82, 2.24) is 15.2 Å². The Labute approximate surface area is 138 Å². The molecule has 0 aliphatic rings. The minimum absolute atomic E-state index is 0.0314. The Bertz CT molecular complexity index is 836. The maximum absolute atomic E-state index is 12.9. The minimum Gasteiger partial charge on any atom is -0.470 e. The third kappa shape index (κ3) is 4.22. The fourth-order valence-corrected chi connectivity index (χ4v) is 2.97. The molecular weight excluding hydrogens is 340 g/mol. The molecule has 6 nitrogen and oxygen atoms in total. The van der Waals surface area contributed by atoms with Crippen LogP contribution in [0.25, 0.3) is 11.4 Å². The maximum atomic E-state index is 12.9. The van der Waals surface area contributed by atoms with Gasteiger partial charge in [-0.1, -0.05) is 6.92 Å². The fourth-order valence-electron chi connectivity index (χ4n) is 1.92. The molecule has 9 heteroatoms. The minimum atomic E-state index is -3.49. The molecule has 130 valence electrons. The number of halogens is 2. The number of nitrogens with zero attached hydrogens (tertiary/aromatic N) is 3. The zero-order chi connectivity index (χ0) is 18.0. The summed E-state index contributed by atoms with van der Waals surface area (Å²) in [5, 5.41) is 7.64. The topological polar surface area (TPSA) is 82.0 Å². The van der Waals surface area contributed by atoms with Gasteiger partial charge in [0.1, 0.15) is 11.4 Å². The zero-order valence-corrected chi connectivity index (χ0v) is 14.3. The van der Waals surface area contributed by atoms with Crippen LogP contribution in [-0.4, -0.2) is 41.9 Å². The summed E-state index contributed by atoms with van der Waals surface area (Å²) in [6.07, 6.45) is 1.45. The summed E-state index contributed by atoms with van der Waals surface area (Å²) >= 11 is 0. The van der Waals surface area contributed by atoms with Crippen LogP contribution >= 0.6 is 0 Å². The standard InChI is InChI=1S/C15H17F2N3O3S/c1-4-24(21,22)12-6-5-7-18-13(12)11-8-10(2)14(20-19-11)23-9-15(3,16)17/h5-8H,4,9H2,1-3H3. The summed E-state index contributed by atoms with van der Waals surface area (Å²) in [6, 6.07) is 4.47. The first-order chi connectivity index (χ1) is 11.1. The lowest BCUT2D eigenvalue weighted by atomic mass is 10.2. The molecule has 2 rings (SSSR count). The number of ether oxygens (including phenoxy) is 1. The van der Waals surface area contributed by atoms with Crippen LogP contribution in [0.15, 0.2) is 29.3 Å². The highest BCUT2D eigenvalue weighted by atomic mass is 32.2. The molecule has 0 amide bonds. The normalized spacial score (nSPS) is 12.2. The van der Waals surface area contributed by atoms with E-state index in [2.05, 4.69) is 15.2 Å². The maximum Gasteiger partial charge on any atom is 0.278 e. The number of aromatic nitrogens is 3. The van der Waals surface area contributed by atoms with Gasteiger partial charge >= 0.3 is 0 Å². The fraction of sp³-hybridized carbons (Fsp3) is 0.400. The first-order valence-electron chi connectivity index (χ1n) is 7.17. The second kappa shape index (κ2) is 6.76. The van der Waals surface area contributed by atoms with Crippen molar-refractivity contribution in [2.24, 2.45) is 0 Å². The van der Waals surface area contributed by atoms with Crippen LogP contribution in [0.3, 0.4) is 0 Å². The Morgan fingerprint density at radius 3 is 2.58 bits per heavy atom. The van der Waals surface area contributed by atoms with E-state index in [-0.39, 0.29) is 27.9 Å². The van der Waals surface area contributed by atoms with E-state index in [1.807, 2.05) is 0 Å². The molecule has 0 atom stereocenters. The van der Waals surface area contributed by atoms with E-state index in [1.54, 1.807) is 6.92 Å². The van der Waals surface area contributed by atoms with E-state index in [1.165, 1.54) is 31.3 Å². The average molecular weight is 357 g/mol. The molecule has 0 aliphatic heterocycles. The van der Waals surface area contributed by atoms with Gasteiger partial charge in [0.2, 0.25) is 5.88 Å². The average Bonchev–Trinajstić information content (AvgIpc) is 2.53. The SMILES string of the molecule is CCS(=O)(=O)c1cccnc1-c1cc(C)c(OCC(C)(F)F)nn1. The monoisotopic (exact) mass is 357 g/mol. The molecule has 0 radical (unpaired) electrons. The first-order valence-corrected chi connectivity index (χ1v) is 8.82. The van der Waals surface area contributed by atoms with Gasteiger partial charge in [-0.2, -0.15) is 0 Å². The third-order valence-corrected chi connectivity index (χ3v) is 4.89. The van der Waals surface area contributed by atoms with Gasteiger partial charge in [-0.3, -0.25) is 4.98 Å². The molecule has 2 aromatic heterocycles. The van der Waals surface area contributed by atoms with E-state index in [0.29, 0.717) is 5.56 Å². The predicted octanol–water partition coefficient (Wildman–Crippen LogP) is 2.67. The van der Waals surface area contributed by atoms with Crippen LogP contribution in [0.2, 0.25) is 0 Å². The van der Waals surface area contributed by atoms with E-state index < -0.39 is 22.4 Å². The number of hydrogen-bond donors (Lipinski definition) is 0. The number of aryl methyl sites for hydroxylation is 1. The number of alkyl halides is 2. The van der Waals surface area contributed by atoms with Gasteiger partial charge in [0.15, 0.2) is 16.4 Å². The second-order valence-electron chi connectivity index (χ2n) is 5.33. The van der Waals surface area contributed by atoms with E-state index in [9.17, 15) is 17.2 Å². The molecule has 0 spiro atoms. The van der Waals surface area contributed by atoms with Crippen molar-refractivity contribution in [3.8, 4) is 17.3 Å². The first kappa shape index (κ1) is 18.2. The molecule has 0 N–H and O–H groups in total. The van der Waals surface area contributed by atoms with Crippen molar-refractivity contribution < 1.29 is 21.9 Å². The summed E-state index contributed by atoms with van der Waals surface area (Å²) in [7, 11) is -3.49. The van der Waals surface area contributed by atoms with Crippen molar-refractivity contribution in [3.63, 3.8) is 0 Å². The lowest BCUT2D eigenvalue weighted by Crippen LogP contribution is -2.21. The Kier molecular flexibility index (Phi) is 5.12. The largest absolute Gasteiger partial charge is 0.470 e.